The van der Waals surface area contributed by atoms with E-state index >= 15 is 0 Å². The highest BCUT2D eigenvalue weighted by molar-refractivity contribution is 7.20. The number of quaternary nitrogens is 1. The standard InChI is InChI=1S/C33H22BF18O3Si.C8H11N/c1-53-56(54-2,55-3)27-6-4-23(5-7-27)34(24-11-17(28(35,36)37)8-18(12-24)29(38,39)40,25-13-19(30(41,42)43)9-20(14-25)31(44,45)46)26-15-21(32(47,48)49)10-22(16-26)33(50,51)52;1-9(2)8-6-4-3-5-7-8/h4-16H,1-3H3;3-7H,1-2H3/q-1;/p+1. The van der Waals surface area contributed by atoms with Crippen molar-refractivity contribution in [1.29, 1.82) is 0 Å². The number of para-hydroxylation sites is 1. The Morgan fingerprint density at radius 1 is 0.369 bits per heavy atom. The van der Waals surface area contributed by atoms with Gasteiger partial charge in [0.25, 0.3) is 0 Å². The average Bonchev–Trinajstić information content (AvgIpc) is 3.21. The summed E-state index contributed by atoms with van der Waals surface area (Å²) in [6.07, 6.45) is -39.6. The molecule has 65 heavy (non-hydrogen) atoms. The fourth-order valence-corrected chi connectivity index (χ4v) is 8.97. The molecule has 0 amide bonds. The Morgan fingerprint density at radius 3 is 0.831 bits per heavy atom. The number of alkyl halides is 18. The fourth-order valence-electron chi connectivity index (χ4n) is 7.19. The molecule has 0 saturated carbocycles. The highest BCUT2D eigenvalue weighted by Crippen LogP contribution is 2.39. The number of hydrogen-bond donors (Lipinski definition) is 1. The molecule has 0 saturated heterocycles. The van der Waals surface area contributed by atoms with Crippen molar-refractivity contribution in [3.8, 4) is 0 Å². The van der Waals surface area contributed by atoms with Crippen molar-refractivity contribution >= 4 is 47.7 Å². The molecule has 0 radical (unpaired) electrons. The second-order valence-electron chi connectivity index (χ2n) is 14.5. The van der Waals surface area contributed by atoms with Crippen molar-refractivity contribution in [3.05, 3.63) is 143 Å². The molecule has 0 aliphatic carbocycles. The zero-order valence-corrected chi connectivity index (χ0v) is 35.0. The molecule has 0 heterocycles. The van der Waals surface area contributed by atoms with Crippen LogP contribution in [-0.2, 0) is 50.3 Å². The van der Waals surface area contributed by atoms with E-state index in [-0.39, 0.29) is 41.6 Å². The lowest BCUT2D eigenvalue weighted by Gasteiger charge is -2.46. The van der Waals surface area contributed by atoms with Crippen LogP contribution in [0.3, 0.4) is 0 Å². The van der Waals surface area contributed by atoms with Crippen LogP contribution in [0.25, 0.3) is 0 Å². The molecule has 1 N–H and O–H groups in total. The SMILES string of the molecule is CO[Si](OC)(OC)c1ccc([B-](c2cc(C(F)(F)F)cc(C(F)(F)F)c2)(c2cc(C(F)(F)F)cc(C(F)(F)F)c2)c2cc(C(F)(F)F)cc(C(F)(F)F)c2)cc1.C[NH+](C)c1ccccc1. The van der Waals surface area contributed by atoms with E-state index in [1.54, 1.807) is 0 Å². The Bertz CT molecular complexity index is 2120. The van der Waals surface area contributed by atoms with E-state index in [2.05, 4.69) is 38.4 Å². The normalized spacial score (nSPS) is 13.5. The first-order valence-corrected chi connectivity index (χ1v) is 20.0. The summed E-state index contributed by atoms with van der Waals surface area (Å²) in [5.74, 6) is 0. The lowest BCUT2D eigenvalue weighted by molar-refractivity contribution is -0.786. The van der Waals surface area contributed by atoms with E-state index in [0.717, 1.165) is 33.5 Å². The van der Waals surface area contributed by atoms with Crippen LogP contribution in [0.1, 0.15) is 33.4 Å². The molecule has 0 atom stereocenters. The van der Waals surface area contributed by atoms with Gasteiger partial charge >= 0.3 is 45.9 Å². The largest absolute Gasteiger partial charge is 0.536 e. The first-order chi connectivity index (χ1) is 29.6. The van der Waals surface area contributed by atoms with Crippen molar-refractivity contribution in [3.63, 3.8) is 0 Å². The summed E-state index contributed by atoms with van der Waals surface area (Å²) < 4.78 is 274. The number of benzene rings is 5. The number of halogens is 18. The molecule has 0 fully saturated rings. The van der Waals surface area contributed by atoms with Crippen LogP contribution in [0.2, 0.25) is 0 Å². The summed E-state index contributed by atoms with van der Waals surface area (Å²) in [5.41, 5.74) is -17.9. The quantitative estimate of drug-likeness (QED) is 0.119. The van der Waals surface area contributed by atoms with E-state index in [1.165, 1.54) is 10.6 Å². The third-order valence-corrected chi connectivity index (χ3v) is 12.9. The third-order valence-electron chi connectivity index (χ3n) is 10.3. The lowest BCUT2D eigenvalue weighted by atomic mass is 9.12. The second kappa shape index (κ2) is 18.7. The second-order valence-corrected chi connectivity index (χ2v) is 17.5. The smallest absolute Gasteiger partial charge is 0.373 e. The van der Waals surface area contributed by atoms with E-state index in [0.29, 0.717) is 12.1 Å². The summed E-state index contributed by atoms with van der Waals surface area (Å²) >= 11 is 0. The van der Waals surface area contributed by atoms with E-state index in [1.807, 2.05) is 6.07 Å². The first kappa shape index (κ1) is 52.6. The molecule has 354 valence electrons. The van der Waals surface area contributed by atoms with Crippen molar-refractivity contribution in [2.45, 2.75) is 37.1 Å². The minimum absolute atomic E-state index is 0.140. The minimum atomic E-state index is -5.79. The summed E-state index contributed by atoms with van der Waals surface area (Å²) in [7, 11) is 3.38. The van der Waals surface area contributed by atoms with Gasteiger partial charge in [0.1, 0.15) is 11.8 Å². The van der Waals surface area contributed by atoms with E-state index in [9.17, 15) is 79.0 Å². The van der Waals surface area contributed by atoms with Gasteiger partial charge in [-0.25, -0.2) is 0 Å². The Balaban J connectivity index is 0.000000913. The Kier molecular flexibility index (Phi) is 15.1. The van der Waals surface area contributed by atoms with Crippen molar-refractivity contribution in [2.24, 2.45) is 0 Å². The van der Waals surface area contributed by atoms with Gasteiger partial charge in [-0.3, -0.25) is 0 Å². The Labute approximate surface area is 359 Å². The molecule has 0 aliphatic heterocycles. The predicted molar refractivity (Wildman–Crippen MR) is 205 cm³/mol. The van der Waals surface area contributed by atoms with Crippen LogP contribution in [0.15, 0.2) is 109 Å². The van der Waals surface area contributed by atoms with Gasteiger partial charge in [-0.05, 0) is 30.3 Å². The van der Waals surface area contributed by atoms with Crippen LogP contribution in [0, 0.1) is 0 Å². The van der Waals surface area contributed by atoms with Gasteiger partial charge in [0.2, 0.25) is 0 Å². The molecule has 24 heteroatoms. The van der Waals surface area contributed by atoms with Gasteiger partial charge < -0.3 is 18.2 Å². The van der Waals surface area contributed by atoms with Gasteiger partial charge in [0, 0.05) is 26.5 Å². The van der Waals surface area contributed by atoms with Gasteiger partial charge in [0.05, 0.1) is 47.5 Å². The summed E-state index contributed by atoms with van der Waals surface area (Å²) in [6.45, 7) is 0. The topological polar surface area (TPSA) is 32.1 Å². The maximum atomic E-state index is 14.3. The van der Waals surface area contributed by atoms with Gasteiger partial charge in [0.15, 0.2) is 0 Å². The van der Waals surface area contributed by atoms with Crippen molar-refractivity contribution < 1.29 is 97.2 Å². The maximum Gasteiger partial charge on any atom is 0.536 e. The van der Waals surface area contributed by atoms with Crippen LogP contribution in [-0.4, -0.2) is 50.4 Å². The van der Waals surface area contributed by atoms with Crippen molar-refractivity contribution in [1.82, 2.24) is 0 Å². The molecule has 5 rings (SSSR count). The highest BCUT2D eigenvalue weighted by atomic mass is 28.4. The molecule has 0 aliphatic rings. The van der Waals surface area contributed by atoms with Crippen LogP contribution < -0.4 is 31.9 Å². The third kappa shape index (κ3) is 11.7. The van der Waals surface area contributed by atoms with Gasteiger partial charge in [-0.15, -0.1) is 0 Å². The summed E-state index contributed by atoms with van der Waals surface area (Å²) in [4.78, 5) is 1.37. The van der Waals surface area contributed by atoms with Crippen LogP contribution in [0.4, 0.5) is 84.7 Å². The fraction of sp³-hybridized carbons (Fsp3) is 0.268. The zero-order chi connectivity index (χ0) is 49.4. The van der Waals surface area contributed by atoms with Gasteiger partial charge in [-0.1, -0.05) is 78.9 Å². The first-order valence-electron chi connectivity index (χ1n) is 18.3. The van der Waals surface area contributed by atoms with Crippen LogP contribution >= 0.6 is 0 Å². The Hall–Kier alpha value is -5.04. The molecular weight excluding hydrogens is 935 g/mol. The molecule has 0 aromatic heterocycles. The Morgan fingerprint density at radius 2 is 0.631 bits per heavy atom. The van der Waals surface area contributed by atoms with E-state index < -0.39 is 125 Å². The molecule has 0 spiro atoms. The minimum Gasteiger partial charge on any atom is -0.373 e. The lowest BCUT2D eigenvalue weighted by Crippen LogP contribution is -3.00. The molecule has 0 bridgehead atoms. The monoisotopic (exact) mass is 969 g/mol. The predicted octanol–water partition coefficient (Wildman–Crippen LogP) is 8.72. The van der Waals surface area contributed by atoms with E-state index in [4.69, 9.17) is 13.3 Å². The van der Waals surface area contributed by atoms with Crippen molar-refractivity contribution in [2.75, 3.05) is 35.4 Å². The highest BCUT2D eigenvalue weighted by Gasteiger charge is 2.46. The zero-order valence-electron chi connectivity index (χ0n) is 34.0. The molecule has 0 unspecified atom stereocenters. The van der Waals surface area contributed by atoms with Gasteiger partial charge in [-0.2, -0.15) is 101 Å². The number of nitrogens with one attached hydrogen (secondary N) is 1. The molecule has 5 aromatic rings. The average molecular weight is 970 g/mol. The maximum absolute atomic E-state index is 14.3. The molecule has 4 nitrogen and oxygen atoms in total. The number of rotatable bonds is 9. The summed E-state index contributed by atoms with van der Waals surface area (Å²) in [6, 6.07) is 10.7. The molecular formula is C41H34BF18NO3Si. The molecule has 5 aromatic carbocycles. The summed E-state index contributed by atoms with van der Waals surface area (Å²) in [5, 5.41) is -0.140. The number of hydrogen-bond acceptors (Lipinski definition) is 3. The van der Waals surface area contributed by atoms with Crippen LogP contribution in [0.5, 0.6) is 0 Å².